The van der Waals surface area contributed by atoms with E-state index in [1.807, 2.05) is 0 Å². The third kappa shape index (κ3) is 3.38. The van der Waals surface area contributed by atoms with Gasteiger partial charge in [0, 0.05) is 5.56 Å². The molecule has 0 aliphatic heterocycles. The third-order valence-corrected chi connectivity index (χ3v) is 2.43. The first-order chi connectivity index (χ1) is 9.16. The van der Waals surface area contributed by atoms with Gasteiger partial charge in [-0.1, -0.05) is 18.2 Å². The Hall–Kier alpha value is -2.69. The Balaban J connectivity index is 2.11. The lowest BCUT2D eigenvalue weighted by atomic mass is 10.1. The van der Waals surface area contributed by atoms with Crippen molar-refractivity contribution in [3.8, 4) is 0 Å². The summed E-state index contributed by atoms with van der Waals surface area (Å²) in [5, 5.41) is 12.9. The van der Waals surface area contributed by atoms with Crippen LogP contribution < -0.4 is 5.43 Å². The molecule has 0 aliphatic carbocycles. The zero-order valence-electron chi connectivity index (χ0n) is 9.88. The number of carboxylic acids is 1. The smallest absolute Gasteiger partial charge is 0.336 e. The lowest BCUT2D eigenvalue weighted by Crippen LogP contribution is -2.02. The van der Waals surface area contributed by atoms with E-state index in [1.54, 1.807) is 18.2 Å². The molecule has 0 radical (unpaired) electrons. The van der Waals surface area contributed by atoms with Crippen LogP contribution in [-0.4, -0.2) is 17.3 Å². The molecule has 19 heavy (non-hydrogen) atoms. The molecule has 0 saturated heterocycles. The summed E-state index contributed by atoms with van der Waals surface area (Å²) in [4.78, 5) is 11.0. The van der Waals surface area contributed by atoms with E-state index in [0.717, 1.165) is 0 Å². The van der Waals surface area contributed by atoms with Crippen molar-refractivity contribution in [2.45, 2.75) is 0 Å². The number of nitrogens with one attached hydrogen (secondary N) is 1. The van der Waals surface area contributed by atoms with Gasteiger partial charge < -0.3 is 5.11 Å². The van der Waals surface area contributed by atoms with Gasteiger partial charge in [-0.05, 0) is 30.3 Å². The molecule has 4 nitrogen and oxygen atoms in total. The summed E-state index contributed by atoms with van der Waals surface area (Å²) in [5.41, 5.74) is 3.98. The van der Waals surface area contributed by atoms with Crippen LogP contribution in [0.25, 0.3) is 0 Å². The highest BCUT2D eigenvalue weighted by Gasteiger charge is 2.06. The largest absolute Gasteiger partial charge is 0.478 e. The highest BCUT2D eigenvalue weighted by Crippen LogP contribution is 2.09. The zero-order valence-corrected chi connectivity index (χ0v) is 9.88. The number of carboxylic acid groups (broad SMARTS) is 1. The normalized spacial score (nSPS) is 10.6. The minimum atomic E-state index is -1.01. The zero-order chi connectivity index (χ0) is 13.7. The van der Waals surface area contributed by atoms with Gasteiger partial charge in [-0.15, -0.1) is 0 Å². The van der Waals surface area contributed by atoms with Crippen LogP contribution in [0, 0.1) is 5.82 Å². The molecule has 96 valence electrons. The van der Waals surface area contributed by atoms with Gasteiger partial charge in [-0.25, -0.2) is 9.18 Å². The lowest BCUT2D eigenvalue weighted by Gasteiger charge is -2.01. The van der Waals surface area contributed by atoms with Crippen molar-refractivity contribution in [2.24, 2.45) is 5.10 Å². The number of rotatable bonds is 4. The molecule has 2 N–H and O–H groups in total. The summed E-state index contributed by atoms with van der Waals surface area (Å²) in [7, 11) is 0. The summed E-state index contributed by atoms with van der Waals surface area (Å²) < 4.78 is 12.7. The molecule has 0 bridgehead atoms. The van der Waals surface area contributed by atoms with E-state index >= 15 is 0 Å². The summed E-state index contributed by atoms with van der Waals surface area (Å²) in [6.45, 7) is 0. The molecular weight excluding hydrogens is 247 g/mol. The van der Waals surface area contributed by atoms with E-state index in [4.69, 9.17) is 5.11 Å². The average molecular weight is 258 g/mol. The highest BCUT2D eigenvalue weighted by atomic mass is 19.1. The maximum Gasteiger partial charge on any atom is 0.336 e. The van der Waals surface area contributed by atoms with Gasteiger partial charge in [-0.2, -0.15) is 5.10 Å². The average Bonchev–Trinajstić information content (AvgIpc) is 2.41. The predicted molar refractivity (Wildman–Crippen MR) is 71.0 cm³/mol. The van der Waals surface area contributed by atoms with Crippen molar-refractivity contribution in [1.29, 1.82) is 0 Å². The fourth-order valence-electron chi connectivity index (χ4n) is 1.51. The van der Waals surface area contributed by atoms with E-state index in [1.165, 1.54) is 36.5 Å². The van der Waals surface area contributed by atoms with Crippen molar-refractivity contribution < 1.29 is 14.3 Å². The fourth-order valence-corrected chi connectivity index (χ4v) is 1.51. The maximum atomic E-state index is 12.7. The van der Waals surface area contributed by atoms with Crippen molar-refractivity contribution >= 4 is 17.9 Å². The quantitative estimate of drug-likeness (QED) is 0.654. The Morgan fingerprint density at radius 2 is 1.84 bits per heavy atom. The number of hydrazone groups is 1. The molecule has 0 fully saturated rings. The van der Waals surface area contributed by atoms with Crippen LogP contribution in [0.2, 0.25) is 0 Å². The van der Waals surface area contributed by atoms with Crippen LogP contribution >= 0.6 is 0 Å². The Morgan fingerprint density at radius 1 is 1.16 bits per heavy atom. The van der Waals surface area contributed by atoms with Gasteiger partial charge in [0.05, 0.1) is 17.5 Å². The fraction of sp³-hybridized carbons (Fsp3) is 0. The van der Waals surface area contributed by atoms with E-state index in [9.17, 15) is 9.18 Å². The topological polar surface area (TPSA) is 61.7 Å². The van der Waals surface area contributed by atoms with Crippen LogP contribution in [0.15, 0.2) is 53.6 Å². The molecule has 0 saturated carbocycles. The lowest BCUT2D eigenvalue weighted by molar-refractivity contribution is 0.0697. The predicted octanol–water partition coefficient (Wildman–Crippen LogP) is 2.97. The Morgan fingerprint density at radius 3 is 2.53 bits per heavy atom. The molecule has 0 aliphatic rings. The standard InChI is InChI=1S/C14H11FN2O2/c15-11-5-7-12(8-6-11)17-16-9-10-3-1-2-4-13(10)14(18)19/h1-9,17H,(H,18,19). The Bertz CT molecular complexity index is 609. The number of benzene rings is 2. The first-order valence-electron chi connectivity index (χ1n) is 5.54. The summed E-state index contributed by atoms with van der Waals surface area (Å²) >= 11 is 0. The van der Waals surface area contributed by atoms with Crippen LogP contribution in [-0.2, 0) is 0 Å². The van der Waals surface area contributed by atoms with Gasteiger partial charge in [0.2, 0.25) is 0 Å². The van der Waals surface area contributed by atoms with Crippen molar-refractivity contribution in [3.05, 3.63) is 65.5 Å². The Labute approximate surface area is 109 Å². The number of carbonyl (C=O) groups is 1. The third-order valence-electron chi connectivity index (χ3n) is 2.43. The second kappa shape index (κ2) is 5.77. The van der Waals surface area contributed by atoms with E-state index in [0.29, 0.717) is 11.3 Å². The number of hydrogen-bond acceptors (Lipinski definition) is 3. The molecule has 0 unspecified atom stereocenters. The van der Waals surface area contributed by atoms with E-state index in [2.05, 4.69) is 10.5 Å². The molecular formula is C14H11FN2O2. The van der Waals surface area contributed by atoms with Crippen LogP contribution in [0.3, 0.4) is 0 Å². The minimum absolute atomic E-state index is 0.173. The first kappa shape index (κ1) is 12.8. The second-order valence-electron chi connectivity index (χ2n) is 3.77. The number of anilines is 1. The van der Waals surface area contributed by atoms with E-state index in [-0.39, 0.29) is 11.4 Å². The molecule has 0 heterocycles. The Kier molecular flexibility index (Phi) is 3.87. The molecule has 0 spiro atoms. The van der Waals surface area contributed by atoms with Crippen LogP contribution in [0.4, 0.5) is 10.1 Å². The minimum Gasteiger partial charge on any atom is -0.478 e. The van der Waals surface area contributed by atoms with Crippen LogP contribution in [0.1, 0.15) is 15.9 Å². The number of nitrogens with zero attached hydrogens (tertiary/aromatic N) is 1. The SMILES string of the molecule is O=C(O)c1ccccc1C=NNc1ccc(F)cc1. The van der Waals surface area contributed by atoms with Crippen LogP contribution in [0.5, 0.6) is 0 Å². The first-order valence-corrected chi connectivity index (χ1v) is 5.54. The van der Waals surface area contributed by atoms with Gasteiger partial charge in [-0.3, -0.25) is 5.43 Å². The highest BCUT2D eigenvalue weighted by molar-refractivity contribution is 5.98. The van der Waals surface area contributed by atoms with Crippen molar-refractivity contribution in [3.63, 3.8) is 0 Å². The summed E-state index contributed by atoms with van der Waals surface area (Å²) in [6, 6.07) is 12.2. The molecule has 2 aromatic carbocycles. The van der Waals surface area contributed by atoms with Crippen molar-refractivity contribution in [1.82, 2.24) is 0 Å². The van der Waals surface area contributed by atoms with Gasteiger partial charge in [0.25, 0.3) is 0 Å². The number of hydrogen-bond donors (Lipinski definition) is 2. The van der Waals surface area contributed by atoms with Gasteiger partial charge in [0.1, 0.15) is 5.82 Å². The molecule has 0 amide bonds. The summed E-state index contributed by atoms with van der Waals surface area (Å²) in [6.07, 6.45) is 1.41. The van der Waals surface area contributed by atoms with Crippen molar-refractivity contribution in [2.75, 3.05) is 5.43 Å². The summed E-state index contributed by atoms with van der Waals surface area (Å²) in [5.74, 6) is -1.34. The van der Waals surface area contributed by atoms with Gasteiger partial charge >= 0.3 is 5.97 Å². The maximum absolute atomic E-state index is 12.7. The monoisotopic (exact) mass is 258 g/mol. The molecule has 0 aromatic heterocycles. The number of halogens is 1. The molecule has 0 atom stereocenters. The van der Waals surface area contributed by atoms with E-state index < -0.39 is 5.97 Å². The molecule has 5 heteroatoms. The van der Waals surface area contributed by atoms with Gasteiger partial charge in [0.15, 0.2) is 0 Å². The second-order valence-corrected chi connectivity index (χ2v) is 3.77. The molecule has 2 rings (SSSR count). The molecule has 2 aromatic rings. The number of aromatic carboxylic acids is 1.